The van der Waals surface area contributed by atoms with Gasteiger partial charge in [0.1, 0.15) is 5.72 Å². The third-order valence-electron chi connectivity index (χ3n) is 3.67. The summed E-state index contributed by atoms with van der Waals surface area (Å²) in [5, 5.41) is 14.3. The molecule has 0 spiro atoms. The van der Waals surface area contributed by atoms with E-state index in [0.717, 1.165) is 5.56 Å². The van der Waals surface area contributed by atoms with E-state index < -0.39 is 5.72 Å². The molecule has 2 atom stereocenters. The molecule has 3 nitrogen and oxygen atoms in total. The fraction of sp³-hybridized carbons (Fsp3) is 0.333. The Balaban J connectivity index is 2.06. The number of ether oxygens (including phenoxy) is 1. The van der Waals surface area contributed by atoms with Crippen molar-refractivity contribution < 1.29 is 14.2 Å². The molecule has 2 aromatic carbocycles. The average Bonchev–Trinajstić information content (AvgIpc) is 2.46. The summed E-state index contributed by atoms with van der Waals surface area (Å²) in [5.74, 6) is -0.168. The van der Waals surface area contributed by atoms with Crippen LogP contribution in [0.3, 0.4) is 0 Å². The van der Waals surface area contributed by atoms with Crippen LogP contribution in [0.5, 0.6) is 5.75 Å². The van der Waals surface area contributed by atoms with E-state index >= 15 is 0 Å². The zero-order chi connectivity index (χ0) is 17.0. The standard InChI is InChI=1S/C18H21ClFNO2/c1-12(9-13-7-8-17(23-3)16(20)10-13)21-18(2,22)14-5-4-6-15(19)11-14/h4-8,10-12,21-22H,9H2,1-3H3/t12-,18+/m1/s1. The lowest BCUT2D eigenvalue weighted by molar-refractivity contribution is 0.00971. The number of aliphatic hydroxyl groups is 1. The molecule has 0 aliphatic rings. The highest BCUT2D eigenvalue weighted by molar-refractivity contribution is 6.30. The first-order chi connectivity index (χ1) is 10.8. The molecule has 0 saturated heterocycles. The van der Waals surface area contributed by atoms with Crippen LogP contribution in [0.4, 0.5) is 4.39 Å². The van der Waals surface area contributed by atoms with Crippen molar-refractivity contribution in [3.05, 3.63) is 64.4 Å². The summed E-state index contributed by atoms with van der Waals surface area (Å²) in [6, 6.07) is 11.9. The van der Waals surface area contributed by atoms with Crippen LogP contribution < -0.4 is 10.1 Å². The van der Waals surface area contributed by atoms with Gasteiger partial charge in [-0.1, -0.05) is 29.8 Å². The number of hydrogen-bond acceptors (Lipinski definition) is 3. The van der Waals surface area contributed by atoms with E-state index in [9.17, 15) is 9.50 Å². The minimum atomic E-state index is -1.23. The molecule has 0 radical (unpaired) electrons. The lowest BCUT2D eigenvalue weighted by Gasteiger charge is -2.29. The summed E-state index contributed by atoms with van der Waals surface area (Å²) in [4.78, 5) is 0. The van der Waals surface area contributed by atoms with Crippen molar-refractivity contribution in [2.24, 2.45) is 0 Å². The Hall–Kier alpha value is -1.62. The predicted molar refractivity (Wildman–Crippen MR) is 90.3 cm³/mol. The zero-order valence-corrected chi connectivity index (χ0v) is 14.2. The normalized spacial score (nSPS) is 15.0. The predicted octanol–water partition coefficient (Wildman–Crippen LogP) is 3.87. The maximum atomic E-state index is 13.7. The first kappa shape index (κ1) is 17.7. The molecule has 0 bridgehead atoms. The maximum Gasteiger partial charge on any atom is 0.165 e. The van der Waals surface area contributed by atoms with Crippen LogP contribution in [0.15, 0.2) is 42.5 Å². The van der Waals surface area contributed by atoms with Crippen molar-refractivity contribution in [1.29, 1.82) is 0 Å². The van der Waals surface area contributed by atoms with Crippen LogP contribution in [0.2, 0.25) is 5.02 Å². The van der Waals surface area contributed by atoms with Gasteiger partial charge in [-0.25, -0.2) is 4.39 Å². The van der Waals surface area contributed by atoms with Crippen LogP contribution in [0, 0.1) is 5.82 Å². The van der Waals surface area contributed by atoms with E-state index in [0.29, 0.717) is 17.0 Å². The van der Waals surface area contributed by atoms with Gasteiger partial charge in [0, 0.05) is 11.1 Å². The molecule has 0 aliphatic carbocycles. The summed E-state index contributed by atoms with van der Waals surface area (Å²) in [7, 11) is 1.43. The largest absolute Gasteiger partial charge is 0.494 e. The van der Waals surface area contributed by atoms with Crippen molar-refractivity contribution in [3.8, 4) is 5.75 Å². The molecule has 124 valence electrons. The zero-order valence-electron chi connectivity index (χ0n) is 13.4. The van der Waals surface area contributed by atoms with Gasteiger partial charge in [-0.05, 0) is 55.7 Å². The minimum Gasteiger partial charge on any atom is -0.494 e. The number of benzene rings is 2. The van der Waals surface area contributed by atoms with Gasteiger partial charge in [0.2, 0.25) is 0 Å². The molecule has 2 rings (SSSR count). The van der Waals surface area contributed by atoms with Crippen LogP contribution >= 0.6 is 11.6 Å². The summed E-state index contributed by atoms with van der Waals surface area (Å²) >= 11 is 5.97. The highest BCUT2D eigenvalue weighted by Crippen LogP contribution is 2.23. The Labute approximate surface area is 141 Å². The highest BCUT2D eigenvalue weighted by atomic mass is 35.5. The first-order valence-electron chi connectivity index (χ1n) is 7.40. The molecular formula is C18H21ClFNO2. The summed E-state index contributed by atoms with van der Waals surface area (Å²) in [6.45, 7) is 3.60. The third kappa shape index (κ3) is 4.67. The van der Waals surface area contributed by atoms with Crippen LogP contribution in [0.1, 0.15) is 25.0 Å². The van der Waals surface area contributed by atoms with Gasteiger partial charge in [0.15, 0.2) is 11.6 Å². The molecular weight excluding hydrogens is 317 g/mol. The van der Waals surface area contributed by atoms with Crippen LogP contribution in [-0.4, -0.2) is 18.3 Å². The molecule has 0 unspecified atom stereocenters. The number of rotatable bonds is 6. The van der Waals surface area contributed by atoms with E-state index in [-0.39, 0.29) is 17.6 Å². The van der Waals surface area contributed by atoms with Crippen molar-refractivity contribution in [2.45, 2.75) is 32.0 Å². The maximum absolute atomic E-state index is 13.7. The quantitative estimate of drug-likeness (QED) is 0.786. The molecule has 0 saturated carbocycles. The summed E-state index contributed by atoms with van der Waals surface area (Å²) < 4.78 is 18.7. The Kier molecular flexibility index (Phi) is 5.63. The van der Waals surface area contributed by atoms with Crippen LogP contribution in [-0.2, 0) is 12.1 Å². The number of methoxy groups -OCH3 is 1. The molecule has 2 aromatic rings. The SMILES string of the molecule is COc1ccc(C[C@@H](C)N[C@@](C)(O)c2cccc(Cl)c2)cc1F. The fourth-order valence-electron chi connectivity index (χ4n) is 2.60. The van der Waals surface area contributed by atoms with E-state index in [1.54, 1.807) is 37.3 Å². The Morgan fingerprint density at radius 1 is 1.30 bits per heavy atom. The second kappa shape index (κ2) is 7.30. The van der Waals surface area contributed by atoms with Crippen molar-refractivity contribution >= 4 is 11.6 Å². The second-order valence-electron chi connectivity index (χ2n) is 5.80. The third-order valence-corrected chi connectivity index (χ3v) is 3.91. The molecule has 5 heteroatoms. The minimum absolute atomic E-state index is 0.0724. The van der Waals surface area contributed by atoms with Crippen LogP contribution in [0.25, 0.3) is 0 Å². The number of hydrogen-bond donors (Lipinski definition) is 2. The average molecular weight is 338 g/mol. The summed E-state index contributed by atoms with van der Waals surface area (Å²) in [5.41, 5.74) is 0.276. The highest BCUT2D eigenvalue weighted by Gasteiger charge is 2.25. The lowest BCUT2D eigenvalue weighted by Crippen LogP contribution is -2.45. The molecule has 0 fully saturated rings. The Bertz CT molecular complexity index is 676. The van der Waals surface area contributed by atoms with Gasteiger partial charge in [-0.3, -0.25) is 5.32 Å². The van der Waals surface area contributed by atoms with Crippen molar-refractivity contribution in [2.75, 3.05) is 7.11 Å². The lowest BCUT2D eigenvalue weighted by atomic mass is 10.0. The van der Waals surface area contributed by atoms with Gasteiger partial charge in [-0.15, -0.1) is 0 Å². The molecule has 2 N–H and O–H groups in total. The Morgan fingerprint density at radius 2 is 2.04 bits per heavy atom. The monoisotopic (exact) mass is 337 g/mol. The van der Waals surface area contributed by atoms with Crippen molar-refractivity contribution in [1.82, 2.24) is 5.32 Å². The van der Waals surface area contributed by atoms with E-state index in [1.165, 1.54) is 13.2 Å². The molecule has 0 heterocycles. The second-order valence-corrected chi connectivity index (χ2v) is 6.24. The number of halogens is 2. The summed E-state index contributed by atoms with van der Waals surface area (Å²) in [6.07, 6.45) is 0.567. The van der Waals surface area contributed by atoms with E-state index in [1.807, 2.05) is 13.0 Å². The van der Waals surface area contributed by atoms with Crippen molar-refractivity contribution in [3.63, 3.8) is 0 Å². The van der Waals surface area contributed by atoms with Gasteiger partial charge >= 0.3 is 0 Å². The topological polar surface area (TPSA) is 41.5 Å². The smallest absolute Gasteiger partial charge is 0.165 e. The van der Waals surface area contributed by atoms with Gasteiger partial charge in [-0.2, -0.15) is 0 Å². The molecule has 0 aliphatic heterocycles. The van der Waals surface area contributed by atoms with Gasteiger partial charge in [0.05, 0.1) is 7.11 Å². The first-order valence-corrected chi connectivity index (χ1v) is 7.78. The van der Waals surface area contributed by atoms with E-state index in [4.69, 9.17) is 16.3 Å². The number of nitrogens with one attached hydrogen (secondary N) is 1. The van der Waals surface area contributed by atoms with Gasteiger partial charge < -0.3 is 9.84 Å². The fourth-order valence-corrected chi connectivity index (χ4v) is 2.79. The van der Waals surface area contributed by atoms with E-state index in [2.05, 4.69) is 5.32 Å². The molecule has 0 amide bonds. The van der Waals surface area contributed by atoms with Gasteiger partial charge in [0.25, 0.3) is 0 Å². The molecule has 23 heavy (non-hydrogen) atoms. The molecule has 0 aromatic heterocycles. The Morgan fingerprint density at radius 3 is 2.65 bits per heavy atom.